The molecule has 8 nitrogen and oxygen atoms in total. The number of anilines is 1. The number of nitrogens with zero attached hydrogens (tertiary/aromatic N) is 4. The van der Waals surface area contributed by atoms with Gasteiger partial charge in [0, 0.05) is 37.7 Å². The van der Waals surface area contributed by atoms with Crippen LogP contribution in [0, 0.1) is 0 Å². The summed E-state index contributed by atoms with van der Waals surface area (Å²) in [7, 11) is -3.17. The number of nitrogens with one attached hydrogen (secondary N) is 1. The van der Waals surface area contributed by atoms with E-state index in [0.29, 0.717) is 32.0 Å². The average Bonchev–Trinajstić information content (AvgIpc) is 3.13. The fourth-order valence-electron chi connectivity index (χ4n) is 3.34. The van der Waals surface area contributed by atoms with Crippen molar-refractivity contribution in [3.63, 3.8) is 0 Å². The van der Waals surface area contributed by atoms with Crippen LogP contribution in [0.25, 0.3) is 5.69 Å². The zero-order valence-electron chi connectivity index (χ0n) is 18.1. The first-order chi connectivity index (χ1) is 14.1. The number of hydrogen-bond donors (Lipinski definition) is 1. The van der Waals surface area contributed by atoms with E-state index in [4.69, 9.17) is 5.10 Å². The number of rotatable bonds is 6. The van der Waals surface area contributed by atoms with E-state index in [1.54, 1.807) is 11.6 Å². The van der Waals surface area contributed by atoms with Crippen LogP contribution in [0.5, 0.6) is 0 Å². The Bertz CT molecular complexity index is 972. The SMILES string of the molecule is CCS(=O)(=O)N1CCN(CC(=O)Nc2cc(C(C)(C)C)nn2-c2ccccc2)CC1. The first-order valence-electron chi connectivity index (χ1n) is 10.3. The van der Waals surface area contributed by atoms with Gasteiger partial charge in [-0.25, -0.2) is 13.1 Å². The van der Waals surface area contributed by atoms with E-state index in [9.17, 15) is 13.2 Å². The molecule has 2 aromatic rings. The topological polar surface area (TPSA) is 87.5 Å². The van der Waals surface area contributed by atoms with Gasteiger partial charge in [-0.2, -0.15) is 9.40 Å². The van der Waals surface area contributed by atoms with Gasteiger partial charge < -0.3 is 5.32 Å². The van der Waals surface area contributed by atoms with Gasteiger partial charge in [0.25, 0.3) is 0 Å². The van der Waals surface area contributed by atoms with Gasteiger partial charge in [-0.1, -0.05) is 39.0 Å². The number of benzene rings is 1. The standard InChI is InChI=1S/C21H31N5O3S/c1-5-30(28,29)25-13-11-24(12-14-25)16-20(27)22-19-15-18(21(2,3)4)23-26(19)17-9-7-6-8-10-17/h6-10,15H,5,11-14,16H2,1-4H3,(H,22,27). The Morgan fingerprint density at radius 1 is 1.10 bits per heavy atom. The van der Waals surface area contributed by atoms with E-state index < -0.39 is 10.0 Å². The van der Waals surface area contributed by atoms with Crippen molar-refractivity contribution >= 4 is 21.7 Å². The second kappa shape index (κ2) is 8.87. The first kappa shape index (κ1) is 22.5. The number of sulfonamides is 1. The number of para-hydroxylation sites is 1. The summed E-state index contributed by atoms with van der Waals surface area (Å²) in [5.74, 6) is 0.593. The molecule has 2 heterocycles. The Morgan fingerprint density at radius 2 is 1.73 bits per heavy atom. The summed E-state index contributed by atoms with van der Waals surface area (Å²) in [4.78, 5) is 14.7. The summed E-state index contributed by atoms with van der Waals surface area (Å²) in [5.41, 5.74) is 1.61. The summed E-state index contributed by atoms with van der Waals surface area (Å²) in [5, 5.41) is 7.70. The normalized spacial score (nSPS) is 16.5. The molecule has 1 amide bonds. The second-order valence-electron chi connectivity index (χ2n) is 8.54. The van der Waals surface area contributed by atoms with E-state index in [0.717, 1.165) is 11.4 Å². The van der Waals surface area contributed by atoms with Crippen molar-refractivity contribution in [1.29, 1.82) is 0 Å². The van der Waals surface area contributed by atoms with Gasteiger partial charge in [0.15, 0.2) is 0 Å². The summed E-state index contributed by atoms with van der Waals surface area (Å²) >= 11 is 0. The lowest BCUT2D eigenvalue weighted by Crippen LogP contribution is -2.50. The number of amides is 1. The van der Waals surface area contributed by atoms with E-state index in [2.05, 4.69) is 26.1 Å². The van der Waals surface area contributed by atoms with Crippen LogP contribution >= 0.6 is 0 Å². The van der Waals surface area contributed by atoms with Gasteiger partial charge in [0.05, 0.1) is 23.7 Å². The van der Waals surface area contributed by atoms with Crippen molar-refractivity contribution in [3.05, 3.63) is 42.1 Å². The maximum Gasteiger partial charge on any atom is 0.239 e. The highest BCUT2D eigenvalue weighted by atomic mass is 32.2. The molecule has 1 aliphatic heterocycles. The summed E-state index contributed by atoms with van der Waals surface area (Å²) in [6, 6.07) is 11.6. The fraction of sp³-hybridized carbons (Fsp3) is 0.524. The third-order valence-electron chi connectivity index (χ3n) is 5.20. The zero-order valence-corrected chi connectivity index (χ0v) is 18.9. The second-order valence-corrected chi connectivity index (χ2v) is 10.8. The molecule has 9 heteroatoms. The zero-order chi connectivity index (χ0) is 21.9. The predicted molar refractivity (Wildman–Crippen MR) is 118 cm³/mol. The molecule has 1 aromatic heterocycles. The van der Waals surface area contributed by atoms with Gasteiger partial charge in [0.1, 0.15) is 5.82 Å². The molecular formula is C21H31N5O3S. The van der Waals surface area contributed by atoms with Crippen LogP contribution in [-0.2, 0) is 20.2 Å². The third kappa shape index (κ3) is 5.27. The molecule has 30 heavy (non-hydrogen) atoms. The Balaban J connectivity index is 1.69. The van der Waals surface area contributed by atoms with E-state index >= 15 is 0 Å². The van der Waals surface area contributed by atoms with Crippen molar-refractivity contribution in [2.45, 2.75) is 33.1 Å². The van der Waals surface area contributed by atoms with E-state index in [-0.39, 0.29) is 23.6 Å². The molecule has 3 rings (SSSR count). The Labute approximate surface area is 178 Å². The molecule has 0 saturated carbocycles. The van der Waals surface area contributed by atoms with Gasteiger partial charge >= 0.3 is 0 Å². The number of aromatic nitrogens is 2. The molecule has 1 aromatic carbocycles. The number of carbonyl (C=O) groups is 1. The Hall–Kier alpha value is -2.23. The molecule has 0 radical (unpaired) electrons. The van der Waals surface area contributed by atoms with Gasteiger partial charge in [0.2, 0.25) is 15.9 Å². The van der Waals surface area contributed by atoms with Gasteiger partial charge in [-0.3, -0.25) is 9.69 Å². The van der Waals surface area contributed by atoms with Crippen LogP contribution in [0.4, 0.5) is 5.82 Å². The minimum atomic E-state index is -3.17. The number of hydrogen-bond acceptors (Lipinski definition) is 5. The molecule has 1 aliphatic rings. The van der Waals surface area contributed by atoms with Crippen molar-refractivity contribution < 1.29 is 13.2 Å². The lowest BCUT2D eigenvalue weighted by Gasteiger charge is -2.33. The lowest BCUT2D eigenvalue weighted by molar-refractivity contribution is -0.117. The van der Waals surface area contributed by atoms with Crippen LogP contribution < -0.4 is 5.32 Å². The Morgan fingerprint density at radius 3 is 2.30 bits per heavy atom. The van der Waals surface area contributed by atoms with Gasteiger partial charge in [-0.05, 0) is 19.1 Å². The highest BCUT2D eigenvalue weighted by molar-refractivity contribution is 7.89. The maximum absolute atomic E-state index is 12.7. The van der Waals surface area contributed by atoms with Crippen LogP contribution in [0.15, 0.2) is 36.4 Å². The largest absolute Gasteiger partial charge is 0.309 e. The molecule has 0 bridgehead atoms. The molecule has 0 aliphatic carbocycles. The van der Waals surface area contributed by atoms with Crippen LogP contribution in [0.3, 0.4) is 0 Å². The fourth-order valence-corrected chi connectivity index (χ4v) is 4.42. The third-order valence-corrected chi connectivity index (χ3v) is 7.08. The predicted octanol–water partition coefficient (Wildman–Crippen LogP) is 2.08. The molecular weight excluding hydrogens is 402 g/mol. The van der Waals surface area contributed by atoms with Crippen molar-refractivity contribution in [2.75, 3.05) is 43.8 Å². The van der Waals surface area contributed by atoms with Gasteiger partial charge in [-0.15, -0.1) is 0 Å². The number of carbonyl (C=O) groups excluding carboxylic acids is 1. The monoisotopic (exact) mass is 433 g/mol. The molecule has 1 N–H and O–H groups in total. The molecule has 0 atom stereocenters. The smallest absolute Gasteiger partial charge is 0.239 e. The summed E-state index contributed by atoms with van der Waals surface area (Å²) in [6.07, 6.45) is 0. The highest BCUT2D eigenvalue weighted by Gasteiger charge is 2.27. The molecule has 1 fully saturated rings. The minimum absolute atomic E-state index is 0.104. The van der Waals surface area contributed by atoms with Crippen molar-refractivity contribution in [1.82, 2.24) is 19.0 Å². The minimum Gasteiger partial charge on any atom is -0.309 e. The van der Waals surface area contributed by atoms with E-state index in [1.165, 1.54) is 4.31 Å². The number of piperazine rings is 1. The highest BCUT2D eigenvalue weighted by Crippen LogP contribution is 2.26. The van der Waals surface area contributed by atoms with Crippen LogP contribution in [-0.4, -0.2) is 71.8 Å². The average molecular weight is 434 g/mol. The van der Waals surface area contributed by atoms with Crippen molar-refractivity contribution in [2.24, 2.45) is 0 Å². The van der Waals surface area contributed by atoms with Crippen LogP contribution in [0.1, 0.15) is 33.4 Å². The summed E-state index contributed by atoms with van der Waals surface area (Å²) in [6.45, 7) is 10.0. The maximum atomic E-state index is 12.7. The lowest BCUT2D eigenvalue weighted by atomic mass is 9.92. The van der Waals surface area contributed by atoms with Crippen molar-refractivity contribution in [3.8, 4) is 5.69 Å². The molecule has 164 valence electrons. The van der Waals surface area contributed by atoms with E-state index in [1.807, 2.05) is 41.3 Å². The first-order valence-corrected chi connectivity index (χ1v) is 11.9. The molecule has 0 spiro atoms. The molecule has 1 saturated heterocycles. The Kier molecular flexibility index (Phi) is 6.64. The van der Waals surface area contributed by atoms with Crippen LogP contribution in [0.2, 0.25) is 0 Å². The summed E-state index contributed by atoms with van der Waals surface area (Å²) < 4.78 is 27.3. The quantitative estimate of drug-likeness (QED) is 0.754. The molecule has 0 unspecified atom stereocenters.